The lowest BCUT2D eigenvalue weighted by Gasteiger charge is -2.29. The van der Waals surface area contributed by atoms with E-state index in [2.05, 4.69) is 5.32 Å². The van der Waals surface area contributed by atoms with Crippen molar-refractivity contribution in [2.75, 3.05) is 12.3 Å². The van der Waals surface area contributed by atoms with Crippen LogP contribution in [0.4, 0.5) is 5.69 Å². The number of carbonyl (C=O) groups excluding carboxylic acids is 1. The molecule has 0 heterocycles. The van der Waals surface area contributed by atoms with Crippen molar-refractivity contribution in [1.82, 2.24) is 5.32 Å². The van der Waals surface area contributed by atoms with Gasteiger partial charge in [-0.25, -0.2) is 0 Å². The standard InChI is InChI=1S/C14H22N2O3/c1-5-19-12-10(7-6-8-11(12)15)13(18)16-14(3,4)9(2)17/h6-9,17H,5,15H2,1-4H3,(H,16,18). The Hall–Kier alpha value is -1.75. The average Bonchev–Trinajstić information content (AvgIpc) is 2.31. The van der Waals surface area contributed by atoms with Crippen LogP contribution in [0.1, 0.15) is 38.1 Å². The predicted molar refractivity (Wildman–Crippen MR) is 75.2 cm³/mol. The van der Waals surface area contributed by atoms with Crippen LogP contribution >= 0.6 is 0 Å². The lowest BCUT2D eigenvalue weighted by molar-refractivity contribution is 0.0706. The van der Waals surface area contributed by atoms with Gasteiger partial charge in [0.05, 0.1) is 29.5 Å². The van der Waals surface area contributed by atoms with Gasteiger partial charge in [0.15, 0.2) is 5.75 Å². The van der Waals surface area contributed by atoms with Gasteiger partial charge in [0.25, 0.3) is 5.91 Å². The van der Waals surface area contributed by atoms with E-state index in [4.69, 9.17) is 10.5 Å². The molecule has 0 aliphatic rings. The van der Waals surface area contributed by atoms with Crippen LogP contribution in [0.2, 0.25) is 0 Å². The molecule has 1 aromatic carbocycles. The number of nitrogens with two attached hydrogens (primary N) is 1. The second-order valence-corrected chi connectivity index (χ2v) is 5.01. The molecule has 106 valence electrons. The third kappa shape index (κ3) is 3.61. The van der Waals surface area contributed by atoms with Gasteiger partial charge in [0.1, 0.15) is 0 Å². The van der Waals surface area contributed by atoms with Crippen molar-refractivity contribution in [1.29, 1.82) is 0 Å². The maximum atomic E-state index is 12.3. The molecule has 5 heteroatoms. The summed E-state index contributed by atoms with van der Waals surface area (Å²) in [6.45, 7) is 7.38. The van der Waals surface area contributed by atoms with Gasteiger partial charge < -0.3 is 20.9 Å². The largest absolute Gasteiger partial charge is 0.491 e. The lowest BCUT2D eigenvalue weighted by atomic mass is 9.98. The van der Waals surface area contributed by atoms with Gasteiger partial charge in [-0.05, 0) is 39.8 Å². The first-order valence-electron chi connectivity index (χ1n) is 6.31. The number of nitrogens with one attached hydrogen (secondary N) is 1. The fraction of sp³-hybridized carbons (Fsp3) is 0.500. The maximum absolute atomic E-state index is 12.3. The van der Waals surface area contributed by atoms with Gasteiger partial charge in [-0.2, -0.15) is 0 Å². The molecular formula is C14H22N2O3. The molecule has 1 unspecified atom stereocenters. The van der Waals surface area contributed by atoms with Gasteiger partial charge in [-0.15, -0.1) is 0 Å². The highest BCUT2D eigenvalue weighted by Crippen LogP contribution is 2.27. The molecule has 0 saturated heterocycles. The molecule has 1 amide bonds. The number of aliphatic hydroxyl groups excluding tert-OH is 1. The van der Waals surface area contributed by atoms with E-state index in [-0.39, 0.29) is 5.91 Å². The number of nitrogen functional groups attached to an aromatic ring is 1. The van der Waals surface area contributed by atoms with E-state index in [9.17, 15) is 9.90 Å². The van der Waals surface area contributed by atoms with E-state index in [1.807, 2.05) is 6.92 Å². The Kier molecular flexibility index (Phi) is 4.78. The minimum absolute atomic E-state index is 0.318. The summed E-state index contributed by atoms with van der Waals surface area (Å²) >= 11 is 0. The molecule has 0 radical (unpaired) electrons. The van der Waals surface area contributed by atoms with Crippen LogP contribution in [-0.4, -0.2) is 29.3 Å². The molecule has 0 bridgehead atoms. The molecule has 0 fully saturated rings. The number of carbonyl (C=O) groups is 1. The summed E-state index contributed by atoms with van der Waals surface area (Å²) < 4.78 is 5.42. The number of hydrogen-bond donors (Lipinski definition) is 3. The van der Waals surface area contributed by atoms with Crippen LogP contribution < -0.4 is 15.8 Å². The highest BCUT2D eigenvalue weighted by Gasteiger charge is 2.28. The smallest absolute Gasteiger partial charge is 0.255 e. The number of para-hydroxylation sites is 1. The second-order valence-electron chi connectivity index (χ2n) is 5.01. The molecule has 0 saturated carbocycles. The first-order valence-corrected chi connectivity index (χ1v) is 6.31. The Labute approximate surface area is 113 Å². The summed E-state index contributed by atoms with van der Waals surface area (Å²) in [7, 11) is 0. The minimum Gasteiger partial charge on any atom is -0.491 e. The summed E-state index contributed by atoms with van der Waals surface area (Å²) in [5.74, 6) is 0.0607. The number of benzene rings is 1. The van der Waals surface area contributed by atoms with Gasteiger partial charge >= 0.3 is 0 Å². The summed E-state index contributed by atoms with van der Waals surface area (Å²) in [5, 5.41) is 12.4. The van der Waals surface area contributed by atoms with Crippen LogP contribution in [0.15, 0.2) is 18.2 Å². The van der Waals surface area contributed by atoms with Crippen LogP contribution in [0.3, 0.4) is 0 Å². The predicted octanol–water partition coefficient (Wildman–Crippen LogP) is 1.56. The number of rotatable bonds is 5. The number of hydrogen-bond acceptors (Lipinski definition) is 4. The highest BCUT2D eigenvalue weighted by molar-refractivity contribution is 5.99. The van der Waals surface area contributed by atoms with Crippen LogP contribution in [0.5, 0.6) is 5.75 Å². The third-order valence-electron chi connectivity index (χ3n) is 3.06. The Bertz CT molecular complexity index is 456. The summed E-state index contributed by atoms with van der Waals surface area (Å²) in [4.78, 5) is 12.3. The van der Waals surface area contributed by atoms with Crippen molar-refractivity contribution in [3.63, 3.8) is 0 Å². The monoisotopic (exact) mass is 266 g/mol. The third-order valence-corrected chi connectivity index (χ3v) is 3.06. The van der Waals surface area contributed by atoms with E-state index < -0.39 is 11.6 Å². The molecule has 1 atom stereocenters. The van der Waals surface area contributed by atoms with E-state index in [1.54, 1.807) is 39.0 Å². The van der Waals surface area contributed by atoms with Crippen molar-refractivity contribution in [3.05, 3.63) is 23.8 Å². The van der Waals surface area contributed by atoms with Gasteiger partial charge in [0.2, 0.25) is 0 Å². The fourth-order valence-electron chi connectivity index (χ4n) is 1.50. The Morgan fingerprint density at radius 2 is 2.16 bits per heavy atom. The van der Waals surface area contributed by atoms with Crippen LogP contribution in [-0.2, 0) is 0 Å². The van der Waals surface area contributed by atoms with Gasteiger partial charge in [0, 0.05) is 0 Å². The summed E-state index contributed by atoms with van der Waals surface area (Å²) in [6.07, 6.45) is -0.673. The summed E-state index contributed by atoms with van der Waals surface area (Å²) in [6, 6.07) is 5.03. The maximum Gasteiger partial charge on any atom is 0.255 e. The van der Waals surface area contributed by atoms with Crippen molar-refractivity contribution in [2.45, 2.75) is 39.3 Å². The number of amides is 1. The molecule has 1 rings (SSSR count). The number of anilines is 1. The Morgan fingerprint density at radius 3 is 2.68 bits per heavy atom. The fourth-order valence-corrected chi connectivity index (χ4v) is 1.50. The quantitative estimate of drug-likeness (QED) is 0.706. The van der Waals surface area contributed by atoms with E-state index in [0.717, 1.165) is 0 Å². The number of aliphatic hydroxyl groups is 1. The first kappa shape index (κ1) is 15.3. The molecular weight excluding hydrogens is 244 g/mol. The second kappa shape index (κ2) is 5.93. The molecule has 0 aromatic heterocycles. The minimum atomic E-state index is -0.731. The van der Waals surface area contributed by atoms with Crippen LogP contribution in [0.25, 0.3) is 0 Å². The van der Waals surface area contributed by atoms with Crippen LogP contribution in [0, 0.1) is 0 Å². The zero-order valence-corrected chi connectivity index (χ0v) is 11.9. The van der Waals surface area contributed by atoms with E-state index >= 15 is 0 Å². The highest BCUT2D eigenvalue weighted by atomic mass is 16.5. The molecule has 0 aliphatic heterocycles. The van der Waals surface area contributed by atoms with Crippen molar-refractivity contribution in [3.8, 4) is 5.75 Å². The average molecular weight is 266 g/mol. The number of ether oxygens (including phenoxy) is 1. The first-order chi connectivity index (χ1) is 8.79. The molecule has 1 aromatic rings. The molecule has 0 spiro atoms. The zero-order valence-electron chi connectivity index (χ0n) is 11.9. The summed E-state index contributed by atoms with van der Waals surface area (Å²) in [5.41, 5.74) is 5.88. The topological polar surface area (TPSA) is 84.6 Å². The van der Waals surface area contributed by atoms with Crippen molar-refractivity contribution < 1.29 is 14.6 Å². The molecule has 5 nitrogen and oxygen atoms in total. The van der Waals surface area contributed by atoms with Gasteiger partial charge in [-0.1, -0.05) is 6.07 Å². The molecule has 4 N–H and O–H groups in total. The normalized spacial score (nSPS) is 12.9. The van der Waals surface area contributed by atoms with E-state index in [1.165, 1.54) is 0 Å². The Balaban J connectivity index is 3.03. The lowest BCUT2D eigenvalue weighted by Crippen LogP contribution is -2.51. The van der Waals surface area contributed by atoms with E-state index in [0.29, 0.717) is 23.6 Å². The molecule has 0 aliphatic carbocycles. The van der Waals surface area contributed by atoms with Crippen molar-refractivity contribution >= 4 is 11.6 Å². The Morgan fingerprint density at radius 1 is 1.53 bits per heavy atom. The molecule has 19 heavy (non-hydrogen) atoms. The SMILES string of the molecule is CCOc1c(N)cccc1C(=O)NC(C)(C)C(C)O. The van der Waals surface area contributed by atoms with Crippen molar-refractivity contribution in [2.24, 2.45) is 0 Å². The zero-order chi connectivity index (χ0) is 14.6. The van der Waals surface area contributed by atoms with Gasteiger partial charge in [-0.3, -0.25) is 4.79 Å².